The number of guanidine groups is 2. The van der Waals surface area contributed by atoms with Crippen LogP contribution in [0.2, 0.25) is 10.3 Å². The number of nitrogens with zero attached hydrogens (tertiary/aromatic N) is 8. The molecule has 2 aromatic heterocycles. The molecule has 278 valence electrons. The number of unbranched alkanes of at least 4 members (excludes halogenated alkanes) is 2. The largest absolute Gasteiger partial charge is 0.382 e. The fraction of sp³-hybridized carbons (Fsp3) is 0.286. The van der Waals surface area contributed by atoms with Gasteiger partial charge in [0.25, 0.3) is 23.6 Å². The van der Waals surface area contributed by atoms with Crippen LogP contribution < -0.4 is 45.0 Å². The molecule has 3 rings (SSSR count). The van der Waals surface area contributed by atoms with E-state index in [1.807, 2.05) is 0 Å². The molecule has 0 aliphatic rings. The van der Waals surface area contributed by atoms with Crippen LogP contribution in [-0.4, -0.2) is 89.5 Å². The highest BCUT2D eigenvalue weighted by atomic mass is 79.9. The Bertz CT molecular complexity index is 1730. The molecule has 20 nitrogen and oxygen atoms in total. The third kappa shape index (κ3) is 12.0. The van der Waals surface area contributed by atoms with Crippen LogP contribution >= 0.6 is 55.5 Å². The lowest BCUT2D eigenvalue weighted by molar-refractivity contribution is 0.0865. The van der Waals surface area contributed by atoms with Gasteiger partial charge in [-0.05, 0) is 49.9 Å². The van der Waals surface area contributed by atoms with Crippen LogP contribution in [0.5, 0.6) is 0 Å². The number of benzene rings is 1. The van der Waals surface area contributed by atoms with Gasteiger partial charge in [-0.15, -0.1) is 0 Å². The van der Waals surface area contributed by atoms with Gasteiger partial charge in [0.2, 0.25) is 0 Å². The minimum atomic E-state index is -0.749. The minimum Gasteiger partial charge on any atom is -0.382 e. The highest BCUT2D eigenvalue weighted by Crippen LogP contribution is 2.19. The number of nitrogen functional groups attached to an aromatic ring is 4. The van der Waals surface area contributed by atoms with Gasteiger partial charge >= 0.3 is 0 Å². The number of halogens is 4. The van der Waals surface area contributed by atoms with E-state index < -0.39 is 11.8 Å². The molecule has 0 saturated heterocycles. The van der Waals surface area contributed by atoms with E-state index in [2.05, 4.69) is 72.8 Å². The van der Waals surface area contributed by atoms with E-state index in [0.717, 1.165) is 0 Å². The highest BCUT2D eigenvalue weighted by Gasteiger charge is 2.19. The van der Waals surface area contributed by atoms with Crippen molar-refractivity contribution in [1.29, 1.82) is 0 Å². The van der Waals surface area contributed by atoms with E-state index in [0.29, 0.717) is 49.9 Å². The summed E-state index contributed by atoms with van der Waals surface area (Å²) in [5, 5.41) is 4.34. The fourth-order valence-electron chi connectivity index (χ4n) is 4.01. The second-order valence-electron chi connectivity index (χ2n) is 10.5. The zero-order chi connectivity index (χ0) is 38.5. The summed E-state index contributed by atoms with van der Waals surface area (Å²) in [6, 6.07) is 6.19. The van der Waals surface area contributed by atoms with Crippen LogP contribution in [0.3, 0.4) is 0 Å². The number of rotatable bonds is 14. The first kappa shape index (κ1) is 41.4. The Labute approximate surface area is 323 Å². The number of nitrogens with two attached hydrogens (primary N) is 6. The summed E-state index contributed by atoms with van der Waals surface area (Å²) in [4.78, 5) is 73.6. The van der Waals surface area contributed by atoms with E-state index in [1.54, 1.807) is 24.3 Å². The van der Waals surface area contributed by atoms with Crippen molar-refractivity contribution in [3.63, 3.8) is 0 Å². The van der Waals surface area contributed by atoms with Gasteiger partial charge in [0.1, 0.15) is 0 Å². The Morgan fingerprint density at radius 1 is 0.615 bits per heavy atom. The molecule has 0 spiro atoms. The quantitative estimate of drug-likeness (QED) is 0.0492. The summed E-state index contributed by atoms with van der Waals surface area (Å²) in [6.07, 6.45) is 2.19. The van der Waals surface area contributed by atoms with Crippen molar-refractivity contribution in [3.05, 3.63) is 57.1 Å². The summed E-state index contributed by atoms with van der Waals surface area (Å²) >= 11 is 18.1. The Hall–Kier alpha value is -5.06. The molecule has 2 heterocycles. The van der Waals surface area contributed by atoms with Crippen molar-refractivity contribution in [2.24, 2.45) is 21.5 Å². The van der Waals surface area contributed by atoms with Crippen LogP contribution in [-0.2, 0) is 0 Å². The lowest BCUT2D eigenvalue weighted by Crippen LogP contribution is -2.38. The number of anilines is 4. The predicted molar refractivity (Wildman–Crippen MR) is 204 cm³/mol. The molecule has 52 heavy (non-hydrogen) atoms. The van der Waals surface area contributed by atoms with Crippen LogP contribution in [0.4, 0.5) is 23.3 Å². The molecule has 4 amide bonds. The summed E-state index contributed by atoms with van der Waals surface area (Å²) in [5.41, 5.74) is 34.1. The number of nitrogens with one attached hydrogen (secondary N) is 2. The molecule has 0 bridgehead atoms. The van der Waals surface area contributed by atoms with Crippen LogP contribution in [0.15, 0.2) is 34.3 Å². The van der Waals surface area contributed by atoms with Crippen LogP contribution in [0.1, 0.15) is 67.4 Å². The summed E-state index contributed by atoms with van der Waals surface area (Å²) in [6.45, 7) is 1.21. The van der Waals surface area contributed by atoms with Crippen molar-refractivity contribution < 1.29 is 19.2 Å². The Morgan fingerprint density at radius 2 is 0.962 bits per heavy atom. The smallest absolute Gasteiger partial charge is 0.280 e. The Morgan fingerprint density at radius 3 is 1.31 bits per heavy atom. The monoisotopic (exact) mass is 886 g/mol. The van der Waals surface area contributed by atoms with E-state index >= 15 is 0 Å². The molecule has 24 heteroatoms. The fourth-order valence-corrected chi connectivity index (χ4v) is 5.17. The number of aliphatic imine (C=N–C) groups is 2. The van der Waals surface area contributed by atoms with E-state index in [4.69, 9.17) is 57.6 Å². The second kappa shape index (κ2) is 19.5. The average molecular weight is 889 g/mol. The zero-order valence-corrected chi connectivity index (χ0v) is 31.8. The number of aromatic nitrogens is 4. The average Bonchev–Trinajstić information content (AvgIpc) is 3.10. The molecule has 14 N–H and O–H groups in total. The molecule has 0 aliphatic carbocycles. The molecule has 3 aromatic rings. The van der Waals surface area contributed by atoms with Gasteiger partial charge < -0.3 is 34.4 Å². The third-order valence-corrected chi connectivity index (χ3v) is 8.54. The summed E-state index contributed by atoms with van der Waals surface area (Å²) in [7, 11) is 0. The molecule has 0 fully saturated rings. The molecule has 0 radical (unpaired) electrons. The SMILES string of the molecule is NC(=NCCCCN(Br)C(=O)c1ccc(C(=O)N(Br)CCCCN=C(N)NC(=O)c2nc(Cl)c(N)nc2N)cc1)NC(=O)c1nc(Cl)c(N)nc1N. The lowest BCUT2D eigenvalue weighted by atomic mass is 10.1. The number of hydrogen-bond acceptors (Lipinski definition) is 14. The third-order valence-electron chi connectivity index (χ3n) is 6.63. The topological polar surface area (TPSA) is 331 Å². The maximum absolute atomic E-state index is 12.9. The van der Waals surface area contributed by atoms with Gasteiger partial charge in [-0.2, -0.15) is 0 Å². The maximum atomic E-state index is 12.9. The number of carbonyl (C=O) groups excluding carboxylic acids is 4. The molecule has 0 unspecified atom stereocenters. The van der Waals surface area contributed by atoms with Gasteiger partial charge in [0, 0.05) is 37.3 Å². The molecule has 0 aliphatic heterocycles. The first-order valence-corrected chi connectivity index (χ1v) is 17.2. The van der Waals surface area contributed by atoms with E-state index in [9.17, 15) is 19.2 Å². The van der Waals surface area contributed by atoms with Crippen molar-refractivity contribution in [2.45, 2.75) is 25.7 Å². The van der Waals surface area contributed by atoms with E-state index in [-0.39, 0.29) is 81.8 Å². The minimum absolute atomic E-state index is 0.112. The van der Waals surface area contributed by atoms with E-state index in [1.165, 1.54) is 7.85 Å². The van der Waals surface area contributed by atoms with Gasteiger partial charge in [-0.3, -0.25) is 47.6 Å². The summed E-state index contributed by atoms with van der Waals surface area (Å²) < 4.78 is 2.72. The van der Waals surface area contributed by atoms with Crippen molar-refractivity contribution in [3.8, 4) is 0 Å². The van der Waals surface area contributed by atoms with Gasteiger partial charge in [0.15, 0.2) is 56.9 Å². The standard InChI is InChI=1S/C28H34Br2Cl2N16O4/c29-47(11-3-1-9-39-27(37)45-23(49)15-19(33)43-21(35)17(31)41-15)25(51)13-5-7-14(8-6-13)26(52)48(30)12-4-2-10-40-28(38)46-24(50)16-20(34)44-22(36)18(32)42-16/h5-8H,1-4,9-12H2,(H4,33,35,43)(H4,34,36,44)(H3,37,39,45,49)(H3,38,40,46,50). The first-order valence-electron chi connectivity index (χ1n) is 15.0. The second-order valence-corrected chi connectivity index (χ2v) is 12.9. The molecule has 0 saturated carbocycles. The number of hydrogen-bond donors (Lipinski definition) is 8. The van der Waals surface area contributed by atoms with Crippen molar-refractivity contribution in [1.82, 2.24) is 38.4 Å². The van der Waals surface area contributed by atoms with Crippen LogP contribution in [0.25, 0.3) is 0 Å². The van der Waals surface area contributed by atoms with Crippen molar-refractivity contribution in [2.75, 3.05) is 49.1 Å². The normalized spacial score (nSPS) is 11.5. The predicted octanol–water partition coefficient (Wildman–Crippen LogP) is 1.46. The zero-order valence-electron chi connectivity index (χ0n) is 27.2. The van der Waals surface area contributed by atoms with Gasteiger partial charge in [-0.1, -0.05) is 23.2 Å². The summed E-state index contributed by atoms with van der Waals surface area (Å²) in [5.74, 6) is -3.09. The van der Waals surface area contributed by atoms with Crippen LogP contribution in [0, 0.1) is 0 Å². The van der Waals surface area contributed by atoms with Crippen molar-refractivity contribution >= 4 is 114 Å². The Kier molecular flexibility index (Phi) is 15.5. The Balaban J connectivity index is 1.36. The number of carbonyl (C=O) groups is 4. The lowest BCUT2D eigenvalue weighted by Gasteiger charge is -2.16. The molecule has 1 aromatic carbocycles. The number of amides is 4. The highest BCUT2D eigenvalue weighted by molar-refractivity contribution is 9.08. The molecular formula is C28H34Br2Cl2N16O4. The maximum Gasteiger partial charge on any atom is 0.280 e. The molecule has 0 atom stereocenters. The van der Waals surface area contributed by atoms with Gasteiger partial charge in [0.05, 0.1) is 32.3 Å². The molecular weight excluding hydrogens is 855 g/mol. The first-order chi connectivity index (χ1) is 24.6. The van der Waals surface area contributed by atoms with Gasteiger partial charge in [-0.25, -0.2) is 19.9 Å².